The number of hydrogen-bond donors (Lipinski definition) is 0. The Balaban J connectivity index is 1.40. The first kappa shape index (κ1) is 17.1. The summed E-state index contributed by atoms with van der Waals surface area (Å²) in [5.41, 5.74) is 3.30. The molecule has 142 valence electrons. The molecule has 0 N–H and O–H groups in total. The van der Waals surface area contributed by atoms with Crippen molar-refractivity contribution in [1.82, 2.24) is 19.9 Å². The van der Waals surface area contributed by atoms with Crippen molar-refractivity contribution in [2.75, 3.05) is 13.1 Å². The van der Waals surface area contributed by atoms with Crippen LogP contribution in [0.1, 0.15) is 59.6 Å². The van der Waals surface area contributed by atoms with Crippen molar-refractivity contribution in [3.05, 3.63) is 66.4 Å². The summed E-state index contributed by atoms with van der Waals surface area (Å²) < 4.78 is 5.27. The summed E-state index contributed by atoms with van der Waals surface area (Å²) in [6.07, 6.45) is 11.3. The second-order valence-corrected chi connectivity index (χ2v) is 7.58. The average molecular weight is 374 g/mol. The molecule has 28 heavy (non-hydrogen) atoms. The number of hydrogen-bond acceptors (Lipinski definition) is 5. The first-order valence-corrected chi connectivity index (χ1v) is 9.89. The van der Waals surface area contributed by atoms with Crippen molar-refractivity contribution < 1.29 is 9.21 Å². The van der Waals surface area contributed by atoms with Crippen molar-refractivity contribution in [2.45, 2.75) is 37.5 Å². The maximum atomic E-state index is 12.5. The SMILES string of the molecule is O=C(c1ccco1)N1CCC(c2nc(C3CC3)ncc2-c2ccncc2)CC1. The van der Waals surface area contributed by atoms with Gasteiger partial charge in [-0.1, -0.05) is 0 Å². The number of aromatic nitrogens is 3. The lowest BCUT2D eigenvalue weighted by molar-refractivity contribution is 0.0680. The van der Waals surface area contributed by atoms with E-state index >= 15 is 0 Å². The standard InChI is InChI=1S/C22H22N4O2/c27-22(19-2-1-13-28-19)26-11-7-16(8-12-26)20-18(15-5-9-23-10-6-15)14-24-21(25-20)17-3-4-17/h1-2,5-6,9-10,13-14,16-17H,3-4,7-8,11-12H2. The topological polar surface area (TPSA) is 72.1 Å². The summed E-state index contributed by atoms with van der Waals surface area (Å²) in [6.45, 7) is 1.42. The molecule has 0 aromatic carbocycles. The molecule has 2 aliphatic rings. The number of furan rings is 1. The van der Waals surface area contributed by atoms with E-state index in [0.717, 1.165) is 35.5 Å². The van der Waals surface area contributed by atoms with Crippen LogP contribution in [0.4, 0.5) is 0 Å². The molecule has 2 fully saturated rings. The molecule has 3 aromatic rings. The number of pyridine rings is 1. The van der Waals surface area contributed by atoms with Gasteiger partial charge in [-0.15, -0.1) is 0 Å². The van der Waals surface area contributed by atoms with Crippen LogP contribution in [0, 0.1) is 0 Å². The van der Waals surface area contributed by atoms with E-state index in [1.54, 1.807) is 30.8 Å². The molecule has 0 atom stereocenters. The molecule has 1 amide bonds. The predicted molar refractivity (Wildman–Crippen MR) is 104 cm³/mol. The second kappa shape index (κ2) is 7.19. The third-order valence-corrected chi connectivity index (χ3v) is 5.67. The van der Waals surface area contributed by atoms with Gasteiger partial charge in [-0.2, -0.15) is 0 Å². The van der Waals surface area contributed by atoms with E-state index in [9.17, 15) is 4.79 Å². The van der Waals surface area contributed by atoms with E-state index in [4.69, 9.17) is 9.40 Å². The quantitative estimate of drug-likeness (QED) is 0.689. The number of carbonyl (C=O) groups excluding carboxylic acids is 1. The van der Waals surface area contributed by atoms with Gasteiger partial charge >= 0.3 is 0 Å². The van der Waals surface area contributed by atoms with Crippen molar-refractivity contribution >= 4 is 5.91 Å². The fourth-order valence-corrected chi connectivity index (χ4v) is 3.92. The van der Waals surface area contributed by atoms with Crippen molar-refractivity contribution in [1.29, 1.82) is 0 Å². The van der Waals surface area contributed by atoms with E-state index in [2.05, 4.69) is 9.97 Å². The highest BCUT2D eigenvalue weighted by Gasteiger charge is 2.31. The molecule has 1 aliphatic heterocycles. The van der Waals surface area contributed by atoms with Crippen molar-refractivity contribution in [2.24, 2.45) is 0 Å². The van der Waals surface area contributed by atoms with Crippen molar-refractivity contribution in [3.8, 4) is 11.1 Å². The number of nitrogens with zero attached hydrogens (tertiary/aromatic N) is 4. The van der Waals surface area contributed by atoms with E-state index < -0.39 is 0 Å². The smallest absolute Gasteiger partial charge is 0.289 e. The lowest BCUT2D eigenvalue weighted by Gasteiger charge is -2.32. The van der Waals surface area contributed by atoms with Gasteiger partial charge in [-0.05, 0) is 55.5 Å². The van der Waals surface area contributed by atoms with Crippen LogP contribution in [0.3, 0.4) is 0 Å². The first-order valence-electron chi connectivity index (χ1n) is 9.89. The highest BCUT2D eigenvalue weighted by Crippen LogP contribution is 2.40. The monoisotopic (exact) mass is 374 g/mol. The lowest BCUT2D eigenvalue weighted by atomic mass is 9.89. The molecule has 0 radical (unpaired) electrons. The number of likely N-dealkylation sites (tertiary alicyclic amines) is 1. The molecule has 6 heteroatoms. The van der Waals surface area contributed by atoms with Crippen molar-refractivity contribution in [3.63, 3.8) is 0 Å². The van der Waals surface area contributed by atoms with E-state index in [0.29, 0.717) is 30.7 Å². The zero-order valence-corrected chi connectivity index (χ0v) is 15.6. The number of amides is 1. The van der Waals surface area contributed by atoms with Crippen LogP contribution in [0.2, 0.25) is 0 Å². The molecular formula is C22H22N4O2. The van der Waals surface area contributed by atoms with Crippen LogP contribution < -0.4 is 0 Å². The number of carbonyl (C=O) groups is 1. The fourth-order valence-electron chi connectivity index (χ4n) is 3.92. The Morgan fingerprint density at radius 3 is 2.50 bits per heavy atom. The molecule has 1 saturated carbocycles. The Morgan fingerprint density at radius 1 is 1.04 bits per heavy atom. The molecule has 0 bridgehead atoms. The molecule has 3 aromatic heterocycles. The van der Waals surface area contributed by atoms with Crippen LogP contribution in [0.15, 0.2) is 53.5 Å². The van der Waals surface area contributed by atoms with Gasteiger partial charge in [-0.3, -0.25) is 9.78 Å². The molecule has 1 saturated heterocycles. The molecule has 0 unspecified atom stereocenters. The predicted octanol–water partition coefficient (Wildman–Crippen LogP) is 4.03. The number of rotatable bonds is 4. The van der Waals surface area contributed by atoms with Gasteiger partial charge in [-0.25, -0.2) is 9.97 Å². The second-order valence-electron chi connectivity index (χ2n) is 7.58. The Kier molecular flexibility index (Phi) is 4.39. The summed E-state index contributed by atoms with van der Waals surface area (Å²) in [7, 11) is 0. The minimum atomic E-state index is -0.0286. The molecular weight excluding hydrogens is 352 g/mol. The van der Waals surface area contributed by atoms with Gasteiger partial charge in [0.25, 0.3) is 5.91 Å². The third-order valence-electron chi connectivity index (χ3n) is 5.67. The zero-order valence-electron chi connectivity index (χ0n) is 15.6. The number of piperidine rings is 1. The minimum absolute atomic E-state index is 0.0286. The summed E-state index contributed by atoms with van der Waals surface area (Å²) in [5.74, 6) is 2.20. The maximum Gasteiger partial charge on any atom is 0.289 e. The largest absolute Gasteiger partial charge is 0.459 e. The average Bonchev–Trinajstić information content (AvgIpc) is 3.47. The van der Waals surface area contributed by atoms with E-state index in [1.807, 2.05) is 23.2 Å². The Morgan fingerprint density at radius 2 is 1.82 bits per heavy atom. The molecule has 4 heterocycles. The van der Waals surface area contributed by atoms with Gasteiger partial charge < -0.3 is 9.32 Å². The van der Waals surface area contributed by atoms with Gasteiger partial charge in [0.05, 0.1) is 12.0 Å². The highest BCUT2D eigenvalue weighted by atomic mass is 16.3. The van der Waals surface area contributed by atoms with Gasteiger partial charge in [0.2, 0.25) is 0 Å². The van der Waals surface area contributed by atoms with E-state index in [-0.39, 0.29) is 5.91 Å². The summed E-state index contributed by atoms with van der Waals surface area (Å²) >= 11 is 0. The Hall–Kier alpha value is -3.02. The van der Waals surface area contributed by atoms with Gasteiger partial charge in [0.15, 0.2) is 5.76 Å². The normalized spacial score (nSPS) is 17.6. The van der Waals surface area contributed by atoms with Crippen LogP contribution in [0.5, 0.6) is 0 Å². The summed E-state index contributed by atoms with van der Waals surface area (Å²) in [5, 5.41) is 0. The maximum absolute atomic E-state index is 12.5. The van der Waals surface area contributed by atoms with Gasteiger partial charge in [0, 0.05) is 49.1 Å². The lowest BCUT2D eigenvalue weighted by Crippen LogP contribution is -2.38. The van der Waals surface area contributed by atoms with Crippen LogP contribution >= 0.6 is 0 Å². The van der Waals surface area contributed by atoms with Gasteiger partial charge in [0.1, 0.15) is 5.82 Å². The summed E-state index contributed by atoms with van der Waals surface area (Å²) in [4.78, 5) is 28.2. The third kappa shape index (κ3) is 3.30. The van der Waals surface area contributed by atoms with Crippen LogP contribution in [0.25, 0.3) is 11.1 Å². The fraction of sp³-hybridized carbons (Fsp3) is 0.364. The molecule has 5 rings (SSSR count). The first-order chi connectivity index (χ1) is 13.8. The van der Waals surface area contributed by atoms with Crippen LogP contribution in [-0.2, 0) is 0 Å². The van der Waals surface area contributed by atoms with Crippen LogP contribution in [-0.4, -0.2) is 38.8 Å². The Bertz CT molecular complexity index is 959. The highest BCUT2D eigenvalue weighted by molar-refractivity contribution is 5.91. The summed E-state index contributed by atoms with van der Waals surface area (Å²) in [6, 6.07) is 7.49. The van der Waals surface area contributed by atoms with E-state index in [1.165, 1.54) is 12.8 Å². The zero-order chi connectivity index (χ0) is 18.9. The minimum Gasteiger partial charge on any atom is -0.459 e. The molecule has 0 spiro atoms. The molecule has 6 nitrogen and oxygen atoms in total. The molecule has 1 aliphatic carbocycles. The Labute approximate surface area is 163 Å².